The lowest BCUT2D eigenvalue weighted by Gasteiger charge is -2.18. The Kier molecular flexibility index (Phi) is 3.35. The summed E-state index contributed by atoms with van der Waals surface area (Å²) in [6.07, 6.45) is 5.37. The predicted octanol–water partition coefficient (Wildman–Crippen LogP) is 0.521. The summed E-state index contributed by atoms with van der Waals surface area (Å²) in [5.41, 5.74) is 0. The summed E-state index contributed by atoms with van der Waals surface area (Å²) in [5, 5.41) is 3.43. The van der Waals surface area contributed by atoms with E-state index in [2.05, 4.69) is 5.32 Å². The van der Waals surface area contributed by atoms with Crippen LogP contribution >= 0.6 is 0 Å². The van der Waals surface area contributed by atoms with Crippen molar-refractivity contribution in [2.75, 3.05) is 12.0 Å². The van der Waals surface area contributed by atoms with Gasteiger partial charge in [0, 0.05) is 30.7 Å². The fourth-order valence-electron chi connectivity index (χ4n) is 2.87. The second-order valence-electron chi connectivity index (χ2n) is 5.09. The normalized spacial score (nSPS) is 33.2. The molecule has 0 aromatic carbocycles. The number of ketones is 1. The Bertz CT molecular complexity index is 377. The van der Waals surface area contributed by atoms with E-state index >= 15 is 0 Å². The largest absolute Gasteiger partial charge is 0.310 e. The van der Waals surface area contributed by atoms with Gasteiger partial charge in [-0.25, -0.2) is 8.42 Å². The Morgan fingerprint density at radius 1 is 1.38 bits per heavy atom. The maximum atomic E-state index is 11.9. The lowest BCUT2D eigenvalue weighted by Crippen LogP contribution is -2.28. The molecule has 1 N–H and O–H groups in total. The van der Waals surface area contributed by atoms with Crippen molar-refractivity contribution >= 4 is 15.6 Å². The van der Waals surface area contributed by atoms with E-state index in [0.717, 1.165) is 12.8 Å². The topological polar surface area (TPSA) is 63.2 Å². The highest BCUT2D eigenvalue weighted by molar-refractivity contribution is 7.90. The van der Waals surface area contributed by atoms with E-state index in [1.54, 1.807) is 0 Å². The summed E-state index contributed by atoms with van der Waals surface area (Å²) in [7, 11) is -2.92. The number of rotatable bonds is 5. The van der Waals surface area contributed by atoms with Gasteiger partial charge in [-0.1, -0.05) is 0 Å². The van der Waals surface area contributed by atoms with Crippen molar-refractivity contribution < 1.29 is 13.2 Å². The first kappa shape index (κ1) is 12.0. The standard InChI is InChI=1S/C11H19NO3S/c1-16(14,15)6-2-3-11(13)9-7-8-4-5-10(9)12-8/h8-10,12H,2-7H2,1H3. The minimum atomic E-state index is -2.92. The molecule has 0 aromatic heterocycles. The smallest absolute Gasteiger partial charge is 0.147 e. The van der Waals surface area contributed by atoms with E-state index in [4.69, 9.17) is 0 Å². The Hall–Kier alpha value is -0.420. The molecule has 2 aliphatic rings. The third-order valence-corrected chi connectivity index (χ3v) is 4.68. The third kappa shape index (κ3) is 2.83. The van der Waals surface area contributed by atoms with Gasteiger partial charge < -0.3 is 5.32 Å². The zero-order chi connectivity index (χ0) is 11.8. The quantitative estimate of drug-likeness (QED) is 0.767. The van der Waals surface area contributed by atoms with Crippen LogP contribution in [0.4, 0.5) is 0 Å². The number of hydrogen-bond donors (Lipinski definition) is 1. The van der Waals surface area contributed by atoms with Crippen molar-refractivity contribution in [1.29, 1.82) is 0 Å². The van der Waals surface area contributed by atoms with Crippen LogP contribution < -0.4 is 5.32 Å². The molecule has 2 saturated heterocycles. The average Bonchev–Trinajstić information content (AvgIpc) is 2.76. The second kappa shape index (κ2) is 4.45. The number of sulfone groups is 1. The van der Waals surface area contributed by atoms with Gasteiger partial charge in [0.25, 0.3) is 0 Å². The van der Waals surface area contributed by atoms with Crippen molar-refractivity contribution in [3.05, 3.63) is 0 Å². The van der Waals surface area contributed by atoms with Gasteiger partial charge in [-0.3, -0.25) is 4.79 Å². The summed E-state index contributed by atoms with van der Waals surface area (Å²) in [6.45, 7) is 0. The van der Waals surface area contributed by atoms with Crippen LogP contribution in [0.5, 0.6) is 0 Å². The fraction of sp³-hybridized carbons (Fsp3) is 0.909. The van der Waals surface area contributed by atoms with Gasteiger partial charge >= 0.3 is 0 Å². The first-order valence-electron chi connectivity index (χ1n) is 5.92. The van der Waals surface area contributed by atoms with Crippen LogP contribution in [0, 0.1) is 5.92 Å². The number of hydrogen-bond acceptors (Lipinski definition) is 4. The van der Waals surface area contributed by atoms with Gasteiger partial charge in [-0.15, -0.1) is 0 Å². The summed E-state index contributed by atoms with van der Waals surface area (Å²) in [5.74, 6) is 0.536. The summed E-state index contributed by atoms with van der Waals surface area (Å²) >= 11 is 0. The van der Waals surface area contributed by atoms with Crippen LogP contribution in [0.2, 0.25) is 0 Å². The molecule has 0 aliphatic carbocycles. The van der Waals surface area contributed by atoms with Crippen LogP contribution in [-0.2, 0) is 14.6 Å². The van der Waals surface area contributed by atoms with Crippen molar-refractivity contribution in [3.63, 3.8) is 0 Å². The van der Waals surface area contributed by atoms with E-state index in [0.29, 0.717) is 24.9 Å². The second-order valence-corrected chi connectivity index (χ2v) is 7.35. The lowest BCUT2D eigenvalue weighted by molar-refractivity contribution is -0.123. The van der Waals surface area contributed by atoms with Crippen molar-refractivity contribution in [2.45, 2.75) is 44.2 Å². The van der Waals surface area contributed by atoms with Crippen LogP contribution in [0.3, 0.4) is 0 Å². The van der Waals surface area contributed by atoms with E-state index in [1.165, 1.54) is 12.7 Å². The molecule has 2 aliphatic heterocycles. The van der Waals surface area contributed by atoms with E-state index in [-0.39, 0.29) is 17.5 Å². The third-order valence-electron chi connectivity index (χ3n) is 3.65. The minimum absolute atomic E-state index is 0.132. The molecule has 0 saturated carbocycles. The fourth-order valence-corrected chi connectivity index (χ4v) is 3.54. The number of Topliss-reactive ketones (excluding diaryl/α,β-unsaturated/α-hetero) is 1. The SMILES string of the molecule is CS(=O)(=O)CCCC(=O)C1CC2CCC1N2. The molecular weight excluding hydrogens is 226 g/mol. The lowest BCUT2D eigenvalue weighted by atomic mass is 9.85. The molecule has 2 fully saturated rings. The monoisotopic (exact) mass is 245 g/mol. The van der Waals surface area contributed by atoms with Crippen LogP contribution in [0.25, 0.3) is 0 Å². The zero-order valence-corrected chi connectivity index (χ0v) is 10.4. The van der Waals surface area contributed by atoms with E-state index in [1.807, 2.05) is 0 Å². The van der Waals surface area contributed by atoms with Gasteiger partial charge in [0.05, 0.1) is 5.75 Å². The number of nitrogens with one attached hydrogen (secondary N) is 1. The Balaban J connectivity index is 1.77. The highest BCUT2D eigenvalue weighted by Gasteiger charge is 2.41. The Labute approximate surface area is 96.7 Å². The average molecular weight is 245 g/mol. The molecule has 0 spiro atoms. The predicted molar refractivity (Wildman–Crippen MR) is 62.0 cm³/mol. The molecule has 0 radical (unpaired) electrons. The molecule has 0 amide bonds. The van der Waals surface area contributed by atoms with Crippen LogP contribution in [0.15, 0.2) is 0 Å². The van der Waals surface area contributed by atoms with Crippen LogP contribution in [0.1, 0.15) is 32.1 Å². The highest BCUT2D eigenvalue weighted by Crippen LogP contribution is 2.34. The van der Waals surface area contributed by atoms with Crippen molar-refractivity contribution in [3.8, 4) is 0 Å². The molecule has 3 unspecified atom stereocenters. The molecular formula is C11H19NO3S. The Morgan fingerprint density at radius 2 is 2.12 bits per heavy atom. The molecule has 16 heavy (non-hydrogen) atoms. The van der Waals surface area contributed by atoms with Gasteiger partial charge in [0.2, 0.25) is 0 Å². The van der Waals surface area contributed by atoms with Crippen molar-refractivity contribution in [1.82, 2.24) is 5.32 Å². The first-order chi connectivity index (χ1) is 7.46. The molecule has 3 atom stereocenters. The summed E-state index contributed by atoms with van der Waals surface area (Å²) < 4.78 is 21.9. The molecule has 4 nitrogen and oxygen atoms in total. The molecule has 2 heterocycles. The van der Waals surface area contributed by atoms with Gasteiger partial charge in [-0.2, -0.15) is 0 Å². The minimum Gasteiger partial charge on any atom is -0.310 e. The molecule has 5 heteroatoms. The number of fused-ring (bicyclic) bond motifs is 2. The molecule has 92 valence electrons. The number of carbonyl (C=O) groups excluding carboxylic acids is 1. The van der Waals surface area contributed by atoms with Gasteiger partial charge in [0.1, 0.15) is 15.6 Å². The van der Waals surface area contributed by atoms with E-state index < -0.39 is 9.84 Å². The number of carbonyl (C=O) groups is 1. The maximum absolute atomic E-state index is 11.9. The molecule has 2 rings (SSSR count). The highest BCUT2D eigenvalue weighted by atomic mass is 32.2. The first-order valence-corrected chi connectivity index (χ1v) is 7.98. The zero-order valence-electron chi connectivity index (χ0n) is 9.61. The molecule has 0 aromatic rings. The van der Waals surface area contributed by atoms with E-state index in [9.17, 15) is 13.2 Å². The Morgan fingerprint density at radius 3 is 2.62 bits per heavy atom. The van der Waals surface area contributed by atoms with Crippen LogP contribution in [-0.4, -0.2) is 38.3 Å². The van der Waals surface area contributed by atoms with Crippen molar-refractivity contribution in [2.24, 2.45) is 5.92 Å². The van der Waals surface area contributed by atoms with Gasteiger partial charge in [0.15, 0.2) is 0 Å². The van der Waals surface area contributed by atoms with Gasteiger partial charge in [-0.05, 0) is 25.7 Å². The maximum Gasteiger partial charge on any atom is 0.147 e. The summed E-state index contributed by atoms with van der Waals surface area (Å²) in [4.78, 5) is 11.9. The summed E-state index contributed by atoms with van der Waals surface area (Å²) in [6, 6.07) is 0.907. The molecule has 2 bridgehead atoms.